The van der Waals surface area contributed by atoms with Gasteiger partial charge in [-0.2, -0.15) is 0 Å². The molecule has 0 saturated carbocycles. The van der Waals surface area contributed by atoms with Crippen LogP contribution in [0.2, 0.25) is 0 Å². The molecule has 2 N–H and O–H groups in total. The fourth-order valence-electron chi connectivity index (χ4n) is 6.65. The minimum absolute atomic E-state index is 0.000559. The molecule has 2 aliphatic rings. The van der Waals surface area contributed by atoms with Crippen molar-refractivity contribution in [1.82, 2.24) is 14.9 Å². The number of H-pyrrole nitrogens is 1. The number of aromatic amines is 1. The van der Waals surface area contributed by atoms with Crippen molar-refractivity contribution in [2.45, 2.75) is 34.1 Å². The highest BCUT2D eigenvalue weighted by Crippen LogP contribution is 2.55. The van der Waals surface area contributed by atoms with Crippen LogP contribution in [0, 0.1) is 17.8 Å². The molecule has 40 heavy (non-hydrogen) atoms. The molecule has 0 unspecified atom stereocenters. The van der Waals surface area contributed by atoms with Crippen molar-refractivity contribution in [1.29, 1.82) is 0 Å². The van der Waals surface area contributed by atoms with Crippen molar-refractivity contribution < 1.29 is 14.7 Å². The molecule has 0 fully saturated rings. The van der Waals surface area contributed by atoms with Gasteiger partial charge in [0.2, 0.25) is 0 Å². The lowest BCUT2D eigenvalue weighted by Crippen LogP contribution is -2.48. The Labute approximate surface area is 234 Å². The van der Waals surface area contributed by atoms with Crippen molar-refractivity contribution in [3.63, 3.8) is 0 Å². The average molecular weight is 532 g/mol. The van der Waals surface area contributed by atoms with Gasteiger partial charge in [-0.25, -0.2) is 9.78 Å². The lowest BCUT2D eigenvalue weighted by molar-refractivity contribution is 0.0679. The number of fused-ring (bicyclic) bond motifs is 2. The number of carboxylic acids is 1. The second-order valence-corrected chi connectivity index (χ2v) is 11.8. The van der Waals surface area contributed by atoms with Gasteiger partial charge in [-0.1, -0.05) is 74.9 Å². The summed E-state index contributed by atoms with van der Waals surface area (Å²) in [5, 5.41) is 9.29. The summed E-state index contributed by atoms with van der Waals surface area (Å²) < 4.78 is 0. The summed E-state index contributed by atoms with van der Waals surface area (Å²) >= 11 is 0. The Balaban J connectivity index is 1.30. The molecule has 6 rings (SSSR count). The first-order chi connectivity index (χ1) is 19.1. The topological polar surface area (TPSA) is 86.3 Å². The number of rotatable bonds is 4. The van der Waals surface area contributed by atoms with E-state index < -0.39 is 5.97 Å². The van der Waals surface area contributed by atoms with E-state index >= 15 is 0 Å². The van der Waals surface area contributed by atoms with Crippen molar-refractivity contribution >= 4 is 28.5 Å². The van der Waals surface area contributed by atoms with E-state index in [1.165, 1.54) is 11.1 Å². The fourth-order valence-corrected chi connectivity index (χ4v) is 6.65. The van der Waals surface area contributed by atoms with E-state index in [0.717, 1.165) is 34.1 Å². The number of hydrogen-bond acceptors (Lipinski definition) is 3. The van der Waals surface area contributed by atoms with Crippen LogP contribution in [0.15, 0.2) is 84.5 Å². The number of allylic oxidation sites excluding steroid dienone is 2. The Morgan fingerprint density at radius 2 is 1.73 bits per heavy atom. The smallest absolute Gasteiger partial charge is 0.335 e. The first-order valence-electron chi connectivity index (χ1n) is 13.7. The number of hydrogen-bond donors (Lipinski definition) is 2. The number of nitrogens with zero attached hydrogens (tertiary/aromatic N) is 2. The molecule has 0 radical (unpaired) electrons. The summed E-state index contributed by atoms with van der Waals surface area (Å²) in [6.07, 6.45) is 5.30. The van der Waals surface area contributed by atoms with Crippen LogP contribution < -0.4 is 0 Å². The zero-order valence-corrected chi connectivity index (χ0v) is 23.3. The fraction of sp³-hybridized carbons (Fsp3) is 0.265. The number of aromatic carboxylic acids is 1. The van der Waals surface area contributed by atoms with Gasteiger partial charge in [0.25, 0.3) is 5.91 Å². The average Bonchev–Trinajstić information content (AvgIpc) is 3.35. The van der Waals surface area contributed by atoms with E-state index in [4.69, 9.17) is 4.98 Å². The van der Waals surface area contributed by atoms with Crippen molar-refractivity contribution in [3.8, 4) is 11.4 Å². The van der Waals surface area contributed by atoms with Gasteiger partial charge in [0, 0.05) is 29.5 Å². The Morgan fingerprint density at radius 3 is 2.48 bits per heavy atom. The van der Waals surface area contributed by atoms with Crippen LogP contribution >= 0.6 is 0 Å². The van der Waals surface area contributed by atoms with Crippen LogP contribution in [-0.2, 0) is 0 Å². The number of amides is 1. The van der Waals surface area contributed by atoms with E-state index in [2.05, 4.69) is 44.0 Å². The summed E-state index contributed by atoms with van der Waals surface area (Å²) in [5.74, 6) is -0.224. The molecule has 0 bridgehead atoms. The highest BCUT2D eigenvalue weighted by Gasteiger charge is 2.46. The van der Waals surface area contributed by atoms with E-state index in [0.29, 0.717) is 24.5 Å². The molecule has 202 valence electrons. The Kier molecular flexibility index (Phi) is 6.02. The van der Waals surface area contributed by atoms with Crippen molar-refractivity contribution in [2.75, 3.05) is 13.1 Å². The quantitative estimate of drug-likeness (QED) is 0.274. The van der Waals surface area contributed by atoms with Gasteiger partial charge < -0.3 is 15.0 Å². The number of aryl methyl sites for hydroxylation is 1. The standard InChI is InChI=1S/C34H33N3O3/c1-21-9-14-27-28(19-21)36-30(35-27)24-7-5-6-8-25(24)31(38)37-18-16-29-33(2,3)26(15-17-34(29,4)20-37)22-10-12-23(13-11-22)32(39)40/h5-16,19H,17-18,20H2,1-4H3,(H,35,36)(H,39,40)/t34-/m1/s1. The van der Waals surface area contributed by atoms with Gasteiger partial charge in [-0.3, -0.25) is 4.79 Å². The third-order valence-corrected chi connectivity index (χ3v) is 8.59. The lowest BCUT2D eigenvalue weighted by atomic mass is 9.58. The molecule has 0 saturated heterocycles. The summed E-state index contributed by atoms with van der Waals surface area (Å²) in [5.41, 5.74) is 7.81. The van der Waals surface area contributed by atoms with Crippen LogP contribution in [0.25, 0.3) is 28.0 Å². The predicted molar refractivity (Wildman–Crippen MR) is 158 cm³/mol. The molecule has 6 heteroatoms. The first kappa shape index (κ1) is 25.8. The van der Waals surface area contributed by atoms with E-state index in [-0.39, 0.29) is 22.3 Å². The second kappa shape index (κ2) is 9.33. The van der Waals surface area contributed by atoms with Crippen molar-refractivity contribution in [2.24, 2.45) is 10.8 Å². The third-order valence-electron chi connectivity index (χ3n) is 8.59. The molecule has 1 atom stereocenters. The number of carbonyl (C=O) groups excluding carboxylic acids is 1. The summed E-state index contributed by atoms with van der Waals surface area (Å²) in [7, 11) is 0. The summed E-state index contributed by atoms with van der Waals surface area (Å²) in [4.78, 5) is 35.5. The molecule has 4 aromatic rings. The van der Waals surface area contributed by atoms with E-state index in [9.17, 15) is 14.7 Å². The van der Waals surface area contributed by atoms with Crippen LogP contribution in [0.5, 0.6) is 0 Å². The van der Waals surface area contributed by atoms with Gasteiger partial charge >= 0.3 is 5.97 Å². The maximum absolute atomic E-state index is 14.0. The molecule has 1 aliphatic heterocycles. The molecule has 3 aromatic carbocycles. The highest BCUT2D eigenvalue weighted by molar-refractivity contribution is 6.01. The normalized spacial score (nSPS) is 20.1. The van der Waals surface area contributed by atoms with Gasteiger partial charge in [0.15, 0.2) is 0 Å². The Hall–Kier alpha value is -4.45. The van der Waals surface area contributed by atoms with E-state index in [1.807, 2.05) is 60.4 Å². The zero-order chi connectivity index (χ0) is 28.2. The summed E-state index contributed by atoms with van der Waals surface area (Å²) in [6, 6.07) is 20.9. The minimum atomic E-state index is -0.923. The highest BCUT2D eigenvalue weighted by atomic mass is 16.4. The second-order valence-electron chi connectivity index (χ2n) is 11.8. The molecule has 1 aliphatic carbocycles. The van der Waals surface area contributed by atoms with Gasteiger partial charge in [-0.15, -0.1) is 0 Å². The first-order valence-corrected chi connectivity index (χ1v) is 13.7. The predicted octanol–water partition coefficient (Wildman–Crippen LogP) is 7.14. The maximum Gasteiger partial charge on any atom is 0.335 e. The third kappa shape index (κ3) is 4.24. The molecule has 1 aromatic heterocycles. The number of imidazole rings is 1. The molecule has 6 nitrogen and oxygen atoms in total. The Bertz CT molecular complexity index is 1720. The number of carbonyl (C=O) groups is 2. The number of aromatic nitrogens is 2. The molecule has 1 amide bonds. The molecule has 2 heterocycles. The minimum Gasteiger partial charge on any atom is -0.478 e. The van der Waals surface area contributed by atoms with Gasteiger partial charge in [0.1, 0.15) is 5.82 Å². The largest absolute Gasteiger partial charge is 0.478 e. The van der Waals surface area contributed by atoms with E-state index in [1.54, 1.807) is 12.1 Å². The van der Waals surface area contributed by atoms with Gasteiger partial charge in [-0.05, 0) is 60.4 Å². The molecule has 0 spiro atoms. The molecular formula is C34H33N3O3. The van der Waals surface area contributed by atoms with Crippen LogP contribution in [-0.4, -0.2) is 44.9 Å². The summed E-state index contributed by atoms with van der Waals surface area (Å²) in [6.45, 7) is 9.90. The monoisotopic (exact) mass is 531 g/mol. The Morgan fingerprint density at radius 1 is 0.975 bits per heavy atom. The lowest BCUT2D eigenvalue weighted by Gasteiger charge is -2.50. The van der Waals surface area contributed by atoms with Crippen LogP contribution in [0.4, 0.5) is 0 Å². The van der Waals surface area contributed by atoms with Crippen LogP contribution in [0.3, 0.4) is 0 Å². The number of nitrogens with one attached hydrogen (secondary N) is 1. The van der Waals surface area contributed by atoms with Crippen LogP contribution in [0.1, 0.15) is 59.0 Å². The maximum atomic E-state index is 14.0. The van der Waals surface area contributed by atoms with Gasteiger partial charge in [0.05, 0.1) is 22.2 Å². The SMILES string of the molecule is Cc1ccc2[nH]c(-c3ccccc3C(=O)N3CC=C4C(C)(C)C(c5ccc(C(=O)O)cc5)=CC[C@]4(C)C3)nc2c1. The number of benzene rings is 3. The zero-order valence-electron chi connectivity index (χ0n) is 23.3. The number of carboxylic acid groups (broad SMARTS) is 1. The molecular weight excluding hydrogens is 498 g/mol. The van der Waals surface area contributed by atoms with Crippen molar-refractivity contribution in [3.05, 3.63) is 107 Å².